The van der Waals surface area contributed by atoms with Gasteiger partial charge in [0.05, 0.1) is 24.6 Å². The first kappa shape index (κ1) is 18.1. The maximum atomic E-state index is 10.2. The van der Waals surface area contributed by atoms with Crippen molar-refractivity contribution in [1.82, 2.24) is 0 Å². The van der Waals surface area contributed by atoms with Gasteiger partial charge in [-0.1, -0.05) is 13.8 Å². The minimum atomic E-state index is -0.223. The third-order valence-corrected chi connectivity index (χ3v) is 3.28. The van der Waals surface area contributed by atoms with E-state index < -0.39 is 0 Å². The Morgan fingerprint density at radius 3 is 1.44 bits per heavy atom. The lowest BCUT2D eigenvalue weighted by Crippen LogP contribution is -2.28. The normalized spacial score (nSPS) is 10.3. The number of carbonyl (C=O) groups excluding carboxylic acids is 2. The molecule has 0 saturated carbocycles. The van der Waals surface area contributed by atoms with Crippen molar-refractivity contribution in [3.05, 3.63) is 48.5 Å². The largest absolute Gasteiger partial charge is 0.493 e. The van der Waals surface area contributed by atoms with Crippen molar-refractivity contribution < 1.29 is 19.1 Å². The smallest absolute Gasteiger partial charge is 0.240 e. The predicted octanol–water partition coefficient (Wildman–Crippen LogP) is 4.11. The van der Waals surface area contributed by atoms with Crippen LogP contribution in [0, 0.1) is 5.41 Å². The summed E-state index contributed by atoms with van der Waals surface area (Å²) < 4.78 is 11.5. The first-order valence-corrected chi connectivity index (χ1v) is 7.64. The minimum Gasteiger partial charge on any atom is -0.493 e. The van der Waals surface area contributed by atoms with E-state index in [-0.39, 0.29) is 5.41 Å². The fraction of sp³-hybridized carbons (Fsp3) is 0.263. The summed E-state index contributed by atoms with van der Waals surface area (Å²) >= 11 is 0. The highest BCUT2D eigenvalue weighted by molar-refractivity contribution is 5.50. The second kappa shape index (κ2) is 8.60. The summed E-state index contributed by atoms with van der Waals surface area (Å²) in [6.45, 7) is 4.97. The van der Waals surface area contributed by atoms with E-state index in [1.54, 1.807) is 48.5 Å². The topological polar surface area (TPSA) is 77.3 Å². The third kappa shape index (κ3) is 6.07. The number of hydrogen-bond donors (Lipinski definition) is 0. The first-order chi connectivity index (χ1) is 12.0. The quantitative estimate of drug-likeness (QED) is 0.536. The van der Waals surface area contributed by atoms with Gasteiger partial charge in [-0.3, -0.25) is 0 Å². The molecule has 2 rings (SSSR count). The van der Waals surface area contributed by atoms with Crippen LogP contribution >= 0.6 is 0 Å². The Morgan fingerprint density at radius 2 is 1.12 bits per heavy atom. The number of ether oxygens (including phenoxy) is 2. The van der Waals surface area contributed by atoms with Crippen molar-refractivity contribution >= 4 is 23.5 Å². The fourth-order valence-corrected chi connectivity index (χ4v) is 1.94. The molecule has 0 bridgehead atoms. The summed E-state index contributed by atoms with van der Waals surface area (Å²) in [7, 11) is 0. The summed E-state index contributed by atoms with van der Waals surface area (Å²) in [5, 5.41) is 0. The van der Waals surface area contributed by atoms with E-state index in [4.69, 9.17) is 9.47 Å². The van der Waals surface area contributed by atoms with Crippen LogP contribution in [0.2, 0.25) is 0 Å². The van der Waals surface area contributed by atoms with Gasteiger partial charge < -0.3 is 9.47 Å². The molecule has 0 unspecified atom stereocenters. The molecule has 0 aliphatic heterocycles. The molecule has 128 valence electrons. The Kier molecular flexibility index (Phi) is 6.24. The van der Waals surface area contributed by atoms with Crippen LogP contribution in [0.25, 0.3) is 0 Å². The van der Waals surface area contributed by atoms with Gasteiger partial charge in [-0.05, 0) is 48.5 Å². The molecular formula is C19H18N2O4. The summed E-state index contributed by atoms with van der Waals surface area (Å²) in [5.41, 5.74) is 0.846. The van der Waals surface area contributed by atoms with E-state index >= 15 is 0 Å². The van der Waals surface area contributed by atoms with E-state index in [1.165, 1.54) is 12.2 Å². The van der Waals surface area contributed by atoms with Crippen molar-refractivity contribution in [3.63, 3.8) is 0 Å². The number of aliphatic imine (C=N–C) groups is 2. The highest BCUT2D eigenvalue weighted by Crippen LogP contribution is 2.24. The van der Waals surface area contributed by atoms with Crippen LogP contribution < -0.4 is 9.47 Å². The van der Waals surface area contributed by atoms with Crippen LogP contribution in [0.3, 0.4) is 0 Å². The maximum absolute atomic E-state index is 10.2. The summed E-state index contributed by atoms with van der Waals surface area (Å²) in [5.74, 6) is 1.38. The van der Waals surface area contributed by atoms with Gasteiger partial charge in [-0.15, -0.1) is 0 Å². The van der Waals surface area contributed by atoms with Crippen molar-refractivity contribution in [2.75, 3.05) is 13.2 Å². The van der Waals surface area contributed by atoms with E-state index in [2.05, 4.69) is 9.98 Å². The molecule has 0 radical (unpaired) electrons. The number of benzene rings is 2. The fourth-order valence-electron chi connectivity index (χ4n) is 1.94. The SMILES string of the molecule is CC(C)(COc1ccc(N=C=O)cc1)COc1ccc(N=C=O)cc1. The number of hydrogen-bond acceptors (Lipinski definition) is 6. The molecule has 2 aromatic carbocycles. The third-order valence-electron chi connectivity index (χ3n) is 3.28. The molecule has 2 aromatic rings. The van der Waals surface area contributed by atoms with Crippen molar-refractivity contribution in [1.29, 1.82) is 0 Å². The molecule has 0 aliphatic rings. The number of rotatable bonds is 8. The lowest BCUT2D eigenvalue weighted by molar-refractivity contribution is 0.110. The predicted molar refractivity (Wildman–Crippen MR) is 93.2 cm³/mol. The van der Waals surface area contributed by atoms with E-state index in [9.17, 15) is 9.59 Å². The molecule has 6 heteroatoms. The van der Waals surface area contributed by atoms with Crippen LogP contribution in [-0.2, 0) is 9.59 Å². The van der Waals surface area contributed by atoms with Gasteiger partial charge in [0.2, 0.25) is 12.2 Å². The zero-order valence-electron chi connectivity index (χ0n) is 14.1. The van der Waals surface area contributed by atoms with Gasteiger partial charge in [0.25, 0.3) is 0 Å². The average molecular weight is 338 g/mol. The molecule has 0 heterocycles. The first-order valence-electron chi connectivity index (χ1n) is 7.64. The summed E-state index contributed by atoms with van der Waals surface area (Å²) in [6.07, 6.45) is 2.99. The Labute approximate surface area is 145 Å². The van der Waals surface area contributed by atoms with Crippen LogP contribution in [-0.4, -0.2) is 25.4 Å². The molecule has 25 heavy (non-hydrogen) atoms. The molecular weight excluding hydrogens is 320 g/mol. The Balaban J connectivity index is 1.86. The van der Waals surface area contributed by atoms with E-state index in [1.807, 2.05) is 13.8 Å². The Hall–Kier alpha value is -3.20. The van der Waals surface area contributed by atoms with Crippen LogP contribution in [0.5, 0.6) is 11.5 Å². The van der Waals surface area contributed by atoms with Crippen molar-refractivity contribution in [3.8, 4) is 11.5 Å². The lowest BCUT2D eigenvalue weighted by atomic mass is 9.96. The van der Waals surface area contributed by atoms with E-state index in [0.717, 1.165) is 0 Å². The molecule has 0 saturated heterocycles. The molecule has 0 amide bonds. The molecule has 0 aliphatic carbocycles. The van der Waals surface area contributed by atoms with Gasteiger partial charge in [0, 0.05) is 5.41 Å². The van der Waals surface area contributed by atoms with E-state index in [0.29, 0.717) is 36.1 Å². The minimum absolute atomic E-state index is 0.223. The molecule has 6 nitrogen and oxygen atoms in total. The van der Waals surface area contributed by atoms with Gasteiger partial charge >= 0.3 is 0 Å². The second-order valence-electron chi connectivity index (χ2n) is 6.14. The highest BCUT2D eigenvalue weighted by Gasteiger charge is 2.20. The Bertz CT molecular complexity index is 718. The van der Waals surface area contributed by atoms with Gasteiger partial charge in [-0.2, -0.15) is 9.98 Å². The average Bonchev–Trinajstić information content (AvgIpc) is 2.61. The zero-order valence-corrected chi connectivity index (χ0v) is 14.1. The van der Waals surface area contributed by atoms with Crippen molar-refractivity contribution in [2.24, 2.45) is 15.4 Å². The summed E-state index contributed by atoms with van der Waals surface area (Å²) in [6, 6.07) is 13.7. The molecule has 0 spiro atoms. The number of isocyanates is 2. The van der Waals surface area contributed by atoms with Gasteiger partial charge in [-0.25, -0.2) is 9.59 Å². The molecule has 0 N–H and O–H groups in total. The van der Waals surface area contributed by atoms with Gasteiger partial charge in [0.1, 0.15) is 11.5 Å². The highest BCUT2D eigenvalue weighted by atomic mass is 16.5. The van der Waals surface area contributed by atoms with Crippen molar-refractivity contribution in [2.45, 2.75) is 13.8 Å². The standard InChI is InChI=1S/C19H18N2O4/c1-19(2,11-24-17-7-3-15(4-8-17)20-13-22)12-25-18-9-5-16(6-10-18)21-14-23/h3-10H,11-12H2,1-2H3. The van der Waals surface area contributed by atoms with Crippen LogP contribution in [0.15, 0.2) is 58.5 Å². The van der Waals surface area contributed by atoms with Crippen LogP contribution in [0.4, 0.5) is 11.4 Å². The van der Waals surface area contributed by atoms with Crippen LogP contribution in [0.1, 0.15) is 13.8 Å². The second-order valence-corrected chi connectivity index (χ2v) is 6.14. The molecule has 0 fully saturated rings. The zero-order chi connectivity index (χ0) is 18.1. The Morgan fingerprint density at radius 1 is 0.760 bits per heavy atom. The maximum Gasteiger partial charge on any atom is 0.240 e. The monoisotopic (exact) mass is 338 g/mol. The lowest BCUT2D eigenvalue weighted by Gasteiger charge is -2.25. The molecule has 0 aromatic heterocycles. The number of nitrogens with zero attached hydrogens (tertiary/aromatic N) is 2. The summed E-state index contributed by atoms with van der Waals surface area (Å²) in [4.78, 5) is 27.5. The molecule has 0 atom stereocenters. The van der Waals surface area contributed by atoms with Gasteiger partial charge in [0.15, 0.2) is 0 Å².